The third-order valence-corrected chi connectivity index (χ3v) is 5.64. The first-order valence-corrected chi connectivity index (χ1v) is 8.75. The lowest BCUT2D eigenvalue weighted by atomic mass is 9.65. The molecule has 0 unspecified atom stereocenters. The molecule has 3 amide bonds. The van der Waals surface area contributed by atoms with Gasteiger partial charge in [0.25, 0.3) is 0 Å². The Morgan fingerprint density at radius 1 is 1.44 bits per heavy atom. The highest BCUT2D eigenvalue weighted by molar-refractivity contribution is 5.94. The Kier molecular flexibility index (Phi) is 3.91. The Morgan fingerprint density at radius 2 is 2.24 bits per heavy atom. The van der Waals surface area contributed by atoms with Crippen molar-refractivity contribution in [2.24, 2.45) is 5.41 Å². The highest BCUT2D eigenvalue weighted by Gasteiger charge is 2.48. The molecule has 1 aromatic carbocycles. The van der Waals surface area contributed by atoms with Crippen LogP contribution in [0.3, 0.4) is 0 Å². The molecule has 0 atom stereocenters. The summed E-state index contributed by atoms with van der Waals surface area (Å²) in [5.74, 6) is -0.498. The molecule has 1 aliphatic carbocycles. The van der Waals surface area contributed by atoms with Gasteiger partial charge in [0.1, 0.15) is 12.4 Å². The van der Waals surface area contributed by atoms with Crippen LogP contribution in [0.25, 0.3) is 0 Å². The normalized spacial score (nSPS) is 28.5. The molecule has 1 saturated carbocycles. The summed E-state index contributed by atoms with van der Waals surface area (Å²) in [6, 6.07) is 4.14. The van der Waals surface area contributed by atoms with Crippen LogP contribution in [0.4, 0.5) is 14.9 Å². The summed E-state index contributed by atoms with van der Waals surface area (Å²) < 4.78 is 13.4. The van der Waals surface area contributed by atoms with Crippen molar-refractivity contribution in [2.45, 2.75) is 31.8 Å². The summed E-state index contributed by atoms with van der Waals surface area (Å²) >= 11 is 0. The van der Waals surface area contributed by atoms with Crippen molar-refractivity contribution in [3.8, 4) is 0 Å². The van der Waals surface area contributed by atoms with E-state index >= 15 is 0 Å². The molecule has 3 aliphatic rings. The molecule has 1 spiro atoms. The Morgan fingerprint density at radius 3 is 2.96 bits per heavy atom. The van der Waals surface area contributed by atoms with E-state index in [2.05, 4.69) is 22.6 Å². The number of nitrogens with zero attached hydrogens (tertiary/aromatic N) is 2. The molecule has 7 heteroatoms. The molecular formula is C18H23FN4O2. The molecule has 2 aliphatic heterocycles. The fourth-order valence-electron chi connectivity index (χ4n) is 4.44. The van der Waals surface area contributed by atoms with Crippen LogP contribution in [0.2, 0.25) is 0 Å². The van der Waals surface area contributed by atoms with Gasteiger partial charge in [-0.2, -0.15) is 0 Å². The van der Waals surface area contributed by atoms with E-state index in [0.717, 1.165) is 25.9 Å². The number of halogens is 1. The van der Waals surface area contributed by atoms with Crippen LogP contribution < -0.4 is 10.6 Å². The third kappa shape index (κ3) is 3.20. The van der Waals surface area contributed by atoms with Gasteiger partial charge in [0.05, 0.1) is 6.54 Å². The molecular weight excluding hydrogens is 323 g/mol. The van der Waals surface area contributed by atoms with E-state index in [9.17, 15) is 14.0 Å². The van der Waals surface area contributed by atoms with Crippen LogP contribution in [0, 0.1) is 11.2 Å². The van der Waals surface area contributed by atoms with Crippen LogP contribution in [-0.4, -0.2) is 54.5 Å². The van der Waals surface area contributed by atoms with Gasteiger partial charge in [-0.05, 0) is 62.0 Å². The zero-order valence-electron chi connectivity index (χ0n) is 14.3. The Labute approximate surface area is 146 Å². The highest BCUT2D eigenvalue weighted by atomic mass is 19.1. The number of rotatable bonds is 3. The zero-order chi connectivity index (χ0) is 17.6. The lowest BCUT2D eigenvalue weighted by molar-refractivity contribution is -0.124. The monoisotopic (exact) mass is 346 g/mol. The second-order valence-corrected chi connectivity index (χ2v) is 7.75. The van der Waals surface area contributed by atoms with Crippen LogP contribution in [-0.2, 0) is 11.3 Å². The van der Waals surface area contributed by atoms with Gasteiger partial charge in [-0.25, -0.2) is 9.18 Å². The van der Waals surface area contributed by atoms with Gasteiger partial charge in [-0.1, -0.05) is 0 Å². The van der Waals surface area contributed by atoms with Crippen LogP contribution in [0.1, 0.15) is 24.8 Å². The van der Waals surface area contributed by atoms with Gasteiger partial charge in [-0.3, -0.25) is 4.79 Å². The second-order valence-electron chi connectivity index (χ2n) is 7.75. The Balaban J connectivity index is 1.30. The molecule has 6 nitrogen and oxygen atoms in total. The number of carbonyl (C=O) groups is 2. The molecule has 0 radical (unpaired) electrons. The van der Waals surface area contributed by atoms with Crippen molar-refractivity contribution < 1.29 is 14.0 Å². The van der Waals surface area contributed by atoms with Crippen molar-refractivity contribution in [3.63, 3.8) is 0 Å². The fraction of sp³-hybridized carbons (Fsp3) is 0.556. The first-order chi connectivity index (χ1) is 11.9. The van der Waals surface area contributed by atoms with Crippen molar-refractivity contribution in [1.82, 2.24) is 15.1 Å². The van der Waals surface area contributed by atoms with Gasteiger partial charge < -0.3 is 20.4 Å². The van der Waals surface area contributed by atoms with Gasteiger partial charge in [0.15, 0.2) is 0 Å². The number of hydrogen-bond acceptors (Lipinski definition) is 3. The zero-order valence-corrected chi connectivity index (χ0v) is 14.3. The van der Waals surface area contributed by atoms with Crippen LogP contribution >= 0.6 is 0 Å². The smallest absolute Gasteiger partial charge is 0.322 e. The number of amides is 3. The molecule has 4 rings (SSSR count). The van der Waals surface area contributed by atoms with E-state index in [1.807, 2.05) is 0 Å². The minimum atomic E-state index is -0.347. The van der Waals surface area contributed by atoms with E-state index in [1.165, 1.54) is 23.5 Å². The largest absolute Gasteiger partial charge is 0.352 e. The lowest BCUT2D eigenvalue weighted by Crippen LogP contribution is -2.54. The maximum absolute atomic E-state index is 13.4. The quantitative estimate of drug-likeness (QED) is 0.877. The molecule has 1 aromatic rings. The molecule has 25 heavy (non-hydrogen) atoms. The van der Waals surface area contributed by atoms with Crippen molar-refractivity contribution in [1.29, 1.82) is 0 Å². The minimum Gasteiger partial charge on any atom is -0.352 e. The van der Waals surface area contributed by atoms with Gasteiger partial charge in [-0.15, -0.1) is 0 Å². The third-order valence-electron chi connectivity index (χ3n) is 5.64. The number of anilines is 1. The number of benzene rings is 1. The van der Waals surface area contributed by atoms with Crippen molar-refractivity contribution in [2.75, 3.05) is 32.0 Å². The summed E-state index contributed by atoms with van der Waals surface area (Å²) in [6.45, 7) is 2.47. The van der Waals surface area contributed by atoms with Crippen molar-refractivity contribution >= 4 is 17.6 Å². The standard InChI is InChI=1S/C18H23FN4O2/c1-22-5-4-18(11-22)7-14(8-18)20-16(24)10-23-9-12-6-13(19)2-3-15(12)21-17(23)25/h2-3,6,14H,4-5,7-11H2,1H3,(H,20,24)(H,21,25). The number of likely N-dealkylation sites (tertiary alicyclic amines) is 1. The molecule has 1 saturated heterocycles. The Hall–Kier alpha value is -2.15. The number of nitrogens with one attached hydrogen (secondary N) is 2. The lowest BCUT2D eigenvalue weighted by Gasteiger charge is -2.45. The summed E-state index contributed by atoms with van der Waals surface area (Å²) in [6.07, 6.45) is 3.24. The van der Waals surface area contributed by atoms with Crippen LogP contribution in [0.15, 0.2) is 18.2 Å². The average Bonchev–Trinajstić information content (AvgIpc) is 2.90. The Bertz CT molecular complexity index is 717. The average molecular weight is 346 g/mol. The SMILES string of the molecule is CN1CCC2(CC(NC(=O)CN3Cc4cc(F)ccc4NC3=O)C2)C1. The molecule has 2 N–H and O–H groups in total. The van der Waals surface area contributed by atoms with E-state index in [0.29, 0.717) is 16.7 Å². The summed E-state index contributed by atoms with van der Waals surface area (Å²) in [5.41, 5.74) is 1.67. The molecule has 0 aromatic heterocycles. The predicted molar refractivity (Wildman–Crippen MR) is 91.5 cm³/mol. The van der Waals surface area contributed by atoms with E-state index in [1.54, 1.807) is 6.07 Å². The highest BCUT2D eigenvalue weighted by Crippen LogP contribution is 2.47. The molecule has 2 fully saturated rings. The van der Waals surface area contributed by atoms with Crippen LogP contribution in [0.5, 0.6) is 0 Å². The maximum atomic E-state index is 13.4. The number of carbonyl (C=O) groups excluding carboxylic acids is 2. The number of fused-ring (bicyclic) bond motifs is 1. The van der Waals surface area contributed by atoms with Gasteiger partial charge >= 0.3 is 6.03 Å². The van der Waals surface area contributed by atoms with E-state index < -0.39 is 0 Å². The van der Waals surface area contributed by atoms with Gasteiger partial charge in [0.2, 0.25) is 5.91 Å². The van der Waals surface area contributed by atoms with E-state index in [4.69, 9.17) is 0 Å². The van der Waals surface area contributed by atoms with Gasteiger partial charge in [0, 0.05) is 18.3 Å². The second kappa shape index (κ2) is 5.98. The first-order valence-electron chi connectivity index (χ1n) is 8.75. The summed E-state index contributed by atoms with van der Waals surface area (Å²) in [5, 5.41) is 5.74. The summed E-state index contributed by atoms with van der Waals surface area (Å²) in [4.78, 5) is 28.2. The number of urea groups is 1. The topological polar surface area (TPSA) is 64.7 Å². The first kappa shape index (κ1) is 16.3. The molecule has 134 valence electrons. The molecule has 2 heterocycles. The molecule has 0 bridgehead atoms. The van der Waals surface area contributed by atoms with E-state index in [-0.39, 0.29) is 36.9 Å². The maximum Gasteiger partial charge on any atom is 0.322 e. The number of hydrogen-bond donors (Lipinski definition) is 2. The predicted octanol–water partition coefficient (Wildman–Crippen LogP) is 1.77. The fourth-order valence-corrected chi connectivity index (χ4v) is 4.44. The minimum absolute atomic E-state index is 0.00874. The van der Waals surface area contributed by atoms with Crippen molar-refractivity contribution in [3.05, 3.63) is 29.6 Å². The summed E-state index contributed by atoms with van der Waals surface area (Å²) in [7, 11) is 2.14.